The van der Waals surface area contributed by atoms with Gasteiger partial charge in [0.1, 0.15) is 0 Å². The zero-order chi connectivity index (χ0) is 19.6. The summed E-state index contributed by atoms with van der Waals surface area (Å²) in [5.74, 6) is -1.40. The van der Waals surface area contributed by atoms with Gasteiger partial charge in [-0.1, -0.05) is 6.07 Å². The van der Waals surface area contributed by atoms with Gasteiger partial charge >= 0.3 is 11.8 Å². The Labute approximate surface area is 158 Å². The highest BCUT2D eigenvalue weighted by Gasteiger charge is 2.29. The van der Waals surface area contributed by atoms with E-state index in [1.54, 1.807) is 29.2 Å². The molecule has 3 amide bonds. The lowest BCUT2D eigenvalue weighted by atomic mass is 10.2. The Morgan fingerprint density at radius 3 is 2.26 bits per heavy atom. The summed E-state index contributed by atoms with van der Waals surface area (Å²) in [6.45, 7) is 3.28. The molecule has 1 aromatic rings. The second-order valence-corrected chi connectivity index (χ2v) is 8.56. The topological polar surface area (TPSA) is 107 Å². The minimum Gasteiger partial charge on any atom is -0.339 e. The smallest absolute Gasteiger partial charge is 0.313 e. The number of piperazine rings is 1. The quantitative estimate of drug-likeness (QED) is 0.703. The third-order valence-corrected chi connectivity index (χ3v) is 6.57. The van der Waals surface area contributed by atoms with Crippen LogP contribution in [0.1, 0.15) is 13.3 Å². The van der Waals surface area contributed by atoms with Crippen LogP contribution in [0.2, 0.25) is 0 Å². The van der Waals surface area contributed by atoms with E-state index in [0.29, 0.717) is 50.5 Å². The molecule has 2 heterocycles. The number of benzene rings is 1. The number of hydrogen-bond acceptors (Lipinski definition) is 5. The average Bonchev–Trinajstić information content (AvgIpc) is 3.00. The fourth-order valence-electron chi connectivity index (χ4n) is 3.22. The molecule has 27 heavy (non-hydrogen) atoms. The van der Waals surface area contributed by atoms with Gasteiger partial charge in [0, 0.05) is 45.3 Å². The molecule has 146 valence electrons. The monoisotopic (exact) mass is 394 g/mol. The molecule has 3 rings (SSSR count). The molecule has 0 radical (unpaired) electrons. The first-order valence-electron chi connectivity index (χ1n) is 8.74. The van der Waals surface area contributed by atoms with Crippen molar-refractivity contribution in [3.63, 3.8) is 0 Å². The second kappa shape index (κ2) is 7.55. The van der Waals surface area contributed by atoms with Gasteiger partial charge in [-0.15, -0.1) is 0 Å². The SMILES string of the molecule is CC(=O)N1CCN(C(=O)C(=O)Nc2cccc(N3CCCS3(=O)=O)c2)CC1. The van der Waals surface area contributed by atoms with Crippen LogP contribution >= 0.6 is 0 Å². The fraction of sp³-hybridized carbons (Fsp3) is 0.471. The highest BCUT2D eigenvalue weighted by Crippen LogP contribution is 2.26. The normalized spacial score (nSPS) is 19.1. The molecule has 1 N–H and O–H groups in total. The summed E-state index contributed by atoms with van der Waals surface area (Å²) in [5, 5.41) is 2.53. The zero-order valence-corrected chi connectivity index (χ0v) is 15.9. The maximum absolute atomic E-state index is 12.3. The number of hydrogen-bond donors (Lipinski definition) is 1. The number of sulfonamides is 1. The van der Waals surface area contributed by atoms with E-state index in [-0.39, 0.29) is 11.7 Å². The van der Waals surface area contributed by atoms with Crippen LogP contribution in [0.5, 0.6) is 0 Å². The van der Waals surface area contributed by atoms with Gasteiger partial charge in [0.05, 0.1) is 11.4 Å². The minimum atomic E-state index is -3.32. The molecule has 0 aromatic heterocycles. The van der Waals surface area contributed by atoms with Crippen molar-refractivity contribution in [3.8, 4) is 0 Å². The van der Waals surface area contributed by atoms with Crippen LogP contribution in [0.3, 0.4) is 0 Å². The van der Waals surface area contributed by atoms with Crippen LogP contribution in [0.4, 0.5) is 11.4 Å². The lowest BCUT2D eigenvalue weighted by Crippen LogP contribution is -2.52. The maximum atomic E-state index is 12.3. The van der Waals surface area contributed by atoms with Gasteiger partial charge in [-0.3, -0.25) is 18.7 Å². The van der Waals surface area contributed by atoms with Crippen LogP contribution < -0.4 is 9.62 Å². The first-order chi connectivity index (χ1) is 12.8. The van der Waals surface area contributed by atoms with Crippen molar-refractivity contribution < 1.29 is 22.8 Å². The van der Waals surface area contributed by atoms with Crippen molar-refractivity contribution in [2.24, 2.45) is 0 Å². The Hall–Kier alpha value is -2.62. The molecule has 2 fully saturated rings. The molecule has 2 aliphatic rings. The van der Waals surface area contributed by atoms with Crippen molar-refractivity contribution >= 4 is 39.1 Å². The second-order valence-electron chi connectivity index (χ2n) is 6.54. The average molecular weight is 394 g/mol. The summed E-state index contributed by atoms with van der Waals surface area (Å²) in [7, 11) is -3.32. The molecular formula is C17H22N4O5S. The van der Waals surface area contributed by atoms with Crippen LogP contribution in [-0.2, 0) is 24.4 Å². The Balaban J connectivity index is 1.64. The summed E-state index contributed by atoms with van der Waals surface area (Å²) in [6.07, 6.45) is 0.559. The third kappa shape index (κ3) is 4.21. The Morgan fingerprint density at radius 2 is 1.67 bits per heavy atom. The van der Waals surface area contributed by atoms with Crippen molar-refractivity contribution in [2.45, 2.75) is 13.3 Å². The third-order valence-electron chi connectivity index (χ3n) is 4.70. The summed E-state index contributed by atoms with van der Waals surface area (Å²) in [6, 6.07) is 6.43. The maximum Gasteiger partial charge on any atom is 0.313 e. The van der Waals surface area contributed by atoms with Gasteiger partial charge in [-0.05, 0) is 24.6 Å². The lowest BCUT2D eigenvalue weighted by molar-refractivity contribution is -0.145. The van der Waals surface area contributed by atoms with Crippen LogP contribution in [0, 0.1) is 0 Å². The number of nitrogens with zero attached hydrogens (tertiary/aromatic N) is 3. The van der Waals surface area contributed by atoms with E-state index in [2.05, 4.69) is 5.32 Å². The van der Waals surface area contributed by atoms with Gasteiger partial charge in [0.2, 0.25) is 15.9 Å². The molecular weight excluding hydrogens is 372 g/mol. The van der Waals surface area contributed by atoms with E-state index < -0.39 is 21.8 Å². The number of rotatable bonds is 2. The van der Waals surface area contributed by atoms with Gasteiger partial charge in [-0.25, -0.2) is 8.42 Å². The standard InChI is InChI=1S/C17H22N4O5S/c1-13(22)19-7-9-20(10-8-19)17(24)16(23)18-14-4-2-5-15(12-14)21-6-3-11-27(21,25)26/h2,4-5,12H,3,6-11H2,1H3,(H,18,23). The number of anilines is 2. The van der Waals surface area contributed by atoms with Gasteiger partial charge in [-0.2, -0.15) is 0 Å². The Bertz CT molecular complexity index is 862. The highest BCUT2D eigenvalue weighted by atomic mass is 32.2. The molecule has 2 saturated heterocycles. The van der Waals surface area contributed by atoms with E-state index in [0.717, 1.165) is 0 Å². The van der Waals surface area contributed by atoms with Crippen LogP contribution in [0.25, 0.3) is 0 Å². The molecule has 0 aliphatic carbocycles. The van der Waals surface area contributed by atoms with Crippen molar-refractivity contribution in [3.05, 3.63) is 24.3 Å². The Morgan fingerprint density at radius 1 is 1.00 bits per heavy atom. The molecule has 10 heteroatoms. The van der Waals surface area contributed by atoms with Crippen molar-refractivity contribution in [2.75, 3.05) is 48.1 Å². The minimum absolute atomic E-state index is 0.0553. The molecule has 0 spiro atoms. The summed E-state index contributed by atoms with van der Waals surface area (Å²) in [4.78, 5) is 39.0. The first-order valence-corrected chi connectivity index (χ1v) is 10.3. The molecule has 1 aromatic carbocycles. The van der Waals surface area contributed by atoms with E-state index in [1.165, 1.54) is 16.1 Å². The number of nitrogens with one attached hydrogen (secondary N) is 1. The largest absolute Gasteiger partial charge is 0.339 e. The first kappa shape index (κ1) is 19.2. The van der Waals surface area contributed by atoms with E-state index in [1.807, 2.05) is 0 Å². The fourth-order valence-corrected chi connectivity index (χ4v) is 4.78. The zero-order valence-electron chi connectivity index (χ0n) is 15.1. The van der Waals surface area contributed by atoms with E-state index in [9.17, 15) is 22.8 Å². The summed E-state index contributed by atoms with van der Waals surface area (Å²) < 4.78 is 25.4. The molecule has 0 saturated carbocycles. The predicted octanol–water partition coefficient (Wildman–Crippen LogP) is -0.144. The number of amides is 3. The summed E-state index contributed by atoms with van der Waals surface area (Å²) in [5.41, 5.74) is 0.822. The molecule has 0 atom stereocenters. The number of carbonyl (C=O) groups is 3. The van der Waals surface area contributed by atoms with Crippen molar-refractivity contribution in [1.82, 2.24) is 9.80 Å². The van der Waals surface area contributed by atoms with E-state index in [4.69, 9.17) is 0 Å². The lowest BCUT2D eigenvalue weighted by Gasteiger charge is -2.33. The predicted molar refractivity (Wildman–Crippen MR) is 99.7 cm³/mol. The van der Waals surface area contributed by atoms with Crippen molar-refractivity contribution in [1.29, 1.82) is 0 Å². The van der Waals surface area contributed by atoms with Gasteiger partial charge in [0.15, 0.2) is 0 Å². The Kier molecular flexibility index (Phi) is 5.36. The molecule has 0 bridgehead atoms. The van der Waals surface area contributed by atoms with Crippen LogP contribution in [-0.4, -0.2) is 74.4 Å². The highest BCUT2D eigenvalue weighted by molar-refractivity contribution is 7.93. The molecule has 9 nitrogen and oxygen atoms in total. The van der Waals surface area contributed by atoms with Gasteiger partial charge < -0.3 is 15.1 Å². The van der Waals surface area contributed by atoms with Gasteiger partial charge in [0.25, 0.3) is 0 Å². The van der Waals surface area contributed by atoms with Crippen LogP contribution in [0.15, 0.2) is 24.3 Å². The van der Waals surface area contributed by atoms with E-state index >= 15 is 0 Å². The summed E-state index contributed by atoms with van der Waals surface area (Å²) >= 11 is 0. The molecule has 2 aliphatic heterocycles. The number of carbonyl (C=O) groups excluding carboxylic acids is 3. The molecule has 0 unspecified atom stereocenters.